The first kappa shape index (κ1) is 21.6. The van der Waals surface area contributed by atoms with E-state index in [1.54, 1.807) is 13.3 Å². The molecule has 2 atom stereocenters. The van der Waals surface area contributed by atoms with Gasteiger partial charge >= 0.3 is 5.97 Å². The van der Waals surface area contributed by atoms with E-state index in [-0.39, 0.29) is 22.9 Å². The van der Waals surface area contributed by atoms with Gasteiger partial charge in [-0.15, -0.1) is 0 Å². The molecule has 1 saturated carbocycles. The van der Waals surface area contributed by atoms with E-state index in [9.17, 15) is 14.7 Å². The van der Waals surface area contributed by atoms with Crippen molar-refractivity contribution < 1.29 is 19.4 Å². The van der Waals surface area contributed by atoms with Gasteiger partial charge in [-0.25, -0.2) is 4.79 Å². The van der Waals surface area contributed by atoms with Gasteiger partial charge in [0.25, 0.3) is 0 Å². The predicted octanol–water partition coefficient (Wildman–Crippen LogP) is 4.79. The highest BCUT2D eigenvalue weighted by Gasteiger charge is 2.45. The number of fused-ring (bicyclic) bond motifs is 6. The van der Waals surface area contributed by atoms with Gasteiger partial charge in [0.15, 0.2) is 5.43 Å². The van der Waals surface area contributed by atoms with Crippen molar-refractivity contribution in [3.05, 3.63) is 51.3 Å². The van der Waals surface area contributed by atoms with E-state index in [0.717, 1.165) is 48.3 Å². The number of rotatable bonds is 6. The molecular weight excluding hydrogens is 394 g/mol. The van der Waals surface area contributed by atoms with Crippen LogP contribution in [0.1, 0.15) is 73.0 Å². The van der Waals surface area contributed by atoms with Gasteiger partial charge in [-0.05, 0) is 48.4 Å². The van der Waals surface area contributed by atoms with E-state index in [4.69, 9.17) is 9.47 Å². The Morgan fingerprint density at radius 3 is 2.74 bits per heavy atom. The molecular formula is C25H31NO5. The minimum absolute atomic E-state index is 0.0232. The lowest BCUT2D eigenvalue weighted by Gasteiger charge is -2.49. The average Bonchev–Trinajstić information content (AvgIpc) is 2.71. The second kappa shape index (κ2) is 8.15. The highest BCUT2D eigenvalue weighted by atomic mass is 16.5. The van der Waals surface area contributed by atoms with Crippen LogP contribution in [-0.4, -0.2) is 36.0 Å². The highest BCUT2D eigenvalue weighted by Crippen LogP contribution is 2.57. The first-order valence-electron chi connectivity index (χ1n) is 11.0. The van der Waals surface area contributed by atoms with Crippen molar-refractivity contribution in [3.63, 3.8) is 0 Å². The van der Waals surface area contributed by atoms with E-state index >= 15 is 0 Å². The van der Waals surface area contributed by atoms with Crippen LogP contribution < -0.4 is 10.2 Å². The highest BCUT2D eigenvalue weighted by molar-refractivity contribution is 5.88. The SMILES string of the molecule is COCCCOc1cc2c(cc1C)-c1cc(=O)c(C(=O)O)cn1C1C2CCCC1(C)C. The van der Waals surface area contributed by atoms with Crippen LogP contribution in [0.2, 0.25) is 0 Å². The lowest BCUT2D eigenvalue weighted by molar-refractivity contribution is 0.0691. The molecule has 0 radical (unpaired) electrons. The lowest BCUT2D eigenvalue weighted by atomic mass is 9.63. The number of aromatic nitrogens is 1. The average molecular weight is 426 g/mol. The molecule has 0 bridgehead atoms. The first-order valence-corrected chi connectivity index (χ1v) is 11.0. The topological polar surface area (TPSA) is 77.8 Å². The summed E-state index contributed by atoms with van der Waals surface area (Å²) in [5, 5.41) is 9.55. The van der Waals surface area contributed by atoms with Crippen molar-refractivity contribution in [2.75, 3.05) is 20.3 Å². The molecule has 1 aromatic carbocycles. The molecule has 1 N–H and O–H groups in total. The summed E-state index contributed by atoms with van der Waals surface area (Å²) in [4.78, 5) is 24.3. The zero-order valence-corrected chi connectivity index (χ0v) is 18.7. The van der Waals surface area contributed by atoms with Gasteiger partial charge in [0.2, 0.25) is 0 Å². The number of hydrogen-bond donors (Lipinski definition) is 1. The third kappa shape index (κ3) is 3.78. The van der Waals surface area contributed by atoms with Crippen LogP contribution in [0, 0.1) is 12.3 Å². The number of hydrogen-bond acceptors (Lipinski definition) is 4. The summed E-state index contributed by atoms with van der Waals surface area (Å²) in [5.74, 6) is -0.0560. The van der Waals surface area contributed by atoms with E-state index < -0.39 is 11.4 Å². The second-order valence-electron chi connectivity index (χ2n) is 9.48. The van der Waals surface area contributed by atoms with Crippen molar-refractivity contribution in [1.82, 2.24) is 4.57 Å². The summed E-state index contributed by atoms with van der Waals surface area (Å²) in [5.41, 5.74) is 3.38. The van der Waals surface area contributed by atoms with Crippen molar-refractivity contribution in [1.29, 1.82) is 0 Å². The normalized spacial score (nSPS) is 21.0. The van der Waals surface area contributed by atoms with Crippen LogP contribution in [0.15, 0.2) is 29.2 Å². The predicted molar refractivity (Wildman–Crippen MR) is 119 cm³/mol. The number of carboxylic acid groups (broad SMARTS) is 1. The summed E-state index contributed by atoms with van der Waals surface area (Å²) < 4.78 is 13.3. The Kier molecular flexibility index (Phi) is 5.69. The lowest BCUT2D eigenvalue weighted by Crippen LogP contribution is -2.40. The molecule has 1 aliphatic heterocycles. The van der Waals surface area contributed by atoms with Crippen molar-refractivity contribution in [2.45, 2.75) is 58.4 Å². The Morgan fingerprint density at radius 2 is 2.03 bits per heavy atom. The summed E-state index contributed by atoms with van der Waals surface area (Å²) in [7, 11) is 1.68. The fourth-order valence-electron chi connectivity index (χ4n) is 5.45. The largest absolute Gasteiger partial charge is 0.493 e. The number of pyridine rings is 1. The third-order valence-corrected chi connectivity index (χ3v) is 6.90. The molecule has 1 aromatic heterocycles. The molecule has 0 spiro atoms. The van der Waals surface area contributed by atoms with Crippen molar-refractivity contribution in [2.24, 2.45) is 5.41 Å². The number of benzene rings is 1. The molecule has 2 aromatic rings. The molecule has 6 nitrogen and oxygen atoms in total. The molecule has 2 heterocycles. The van der Waals surface area contributed by atoms with Gasteiger partial charge in [-0.3, -0.25) is 4.79 Å². The zero-order valence-electron chi connectivity index (χ0n) is 18.7. The maximum absolute atomic E-state index is 12.6. The molecule has 1 aliphatic carbocycles. The first-order chi connectivity index (χ1) is 14.7. The Bertz CT molecular complexity index is 1070. The van der Waals surface area contributed by atoms with Crippen molar-refractivity contribution in [3.8, 4) is 17.0 Å². The quantitative estimate of drug-likeness (QED) is 0.674. The van der Waals surface area contributed by atoms with Gasteiger partial charge in [-0.1, -0.05) is 20.3 Å². The fraction of sp³-hybridized carbons (Fsp3) is 0.520. The zero-order chi connectivity index (χ0) is 22.3. The molecule has 0 amide bonds. The van der Waals surface area contributed by atoms with Gasteiger partial charge in [0.1, 0.15) is 11.3 Å². The minimum Gasteiger partial charge on any atom is -0.493 e. The Balaban J connectivity index is 1.88. The van der Waals surface area contributed by atoms with E-state index in [1.807, 2.05) is 6.92 Å². The van der Waals surface area contributed by atoms with Crippen LogP contribution in [0.25, 0.3) is 11.3 Å². The molecule has 2 unspecified atom stereocenters. The van der Waals surface area contributed by atoms with E-state index in [1.165, 1.54) is 11.6 Å². The van der Waals surface area contributed by atoms with Gasteiger partial charge in [0.05, 0.1) is 12.3 Å². The van der Waals surface area contributed by atoms with Gasteiger partial charge < -0.3 is 19.1 Å². The summed E-state index contributed by atoms with van der Waals surface area (Å²) in [6, 6.07) is 5.83. The monoisotopic (exact) mass is 425 g/mol. The smallest absolute Gasteiger partial charge is 0.341 e. The Labute approximate surface area is 182 Å². The molecule has 2 aliphatic rings. The Hall–Kier alpha value is -2.60. The molecule has 4 rings (SSSR count). The summed E-state index contributed by atoms with van der Waals surface area (Å²) in [6.07, 6.45) is 5.60. The summed E-state index contributed by atoms with van der Waals surface area (Å²) in [6.45, 7) is 7.74. The maximum atomic E-state index is 12.6. The van der Waals surface area contributed by atoms with Gasteiger partial charge in [0, 0.05) is 49.9 Å². The number of carbonyl (C=O) groups is 1. The van der Waals surface area contributed by atoms with Crippen LogP contribution in [0.5, 0.6) is 5.75 Å². The standard InChI is InChI=1S/C25H31NO5/c1-15-11-18-17(12-22(15)31-10-6-9-30-4)16-7-5-8-25(2,3)23(16)26-14-19(24(28)29)21(27)13-20(18)26/h11-14,16,23H,5-10H2,1-4H3,(H,28,29). The number of methoxy groups -OCH3 is 1. The minimum atomic E-state index is -1.17. The van der Waals surface area contributed by atoms with E-state index in [2.05, 4.69) is 30.5 Å². The number of ether oxygens (including phenoxy) is 2. The number of aromatic carboxylic acids is 1. The van der Waals surface area contributed by atoms with Crippen LogP contribution in [-0.2, 0) is 4.74 Å². The number of aryl methyl sites for hydroxylation is 1. The molecule has 0 saturated heterocycles. The molecule has 31 heavy (non-hydrogen) atoms. The van der Waals surface area contributed by atoms with Crippen LogP contribution in [0.3, 0.4) is 0 Å². The number of nitrogens with zero attached hydrogens (tertiary/aromatic N) is 1. The second-order valence-corrected chi connectivity index (χ2v) is 9.48. The maximum Gasteiger partial charge on any atom is 0.341 e. The van der Waals surface area contributed by atoms with Crippen LogP contribution >= 0.6 is 0 Å². The van der Waals surface area contributed by atoms with Gasteiger partial charge in [-0.2, -0.15) is 0 Å². The molecule has 6 heteroatoms. The fourth-order valence-corrected chi connectivity index (χ4v) is 5.45. The summed E-state index contributed by atoms with van der Waals surface area (Å²) >= 11 is 0. The third-order valence-electron chi connectivity index (χ3n) is 6.90. The molecule has 166 valence electrons. The van der Waals surface area contributed by atoms with Crippen molar-refractivity contribution >= 4 is 5.97 Å². The van der Waals surface area contributed by atoms with Crippen LogP contribution in [0.4, 0.5) is 0 Å². The van der Waals surface area contributed by atoms with E-state index in [0.29, 0.717) is 13.2 Å². The number of carboxylic acids is 1. The molecule has 1 fully saturated rings. The Morgan fingerprint density at radius 1 is 1.26 bits per heavy atom.